The van der Waals surface area contributed by atoms with Gasteiger partial charge < -0.3 is 10.6 Å². The van der Waals surface area contributed by atoms with E-state index in [0.717, 1.165) is 31.4 Å². The van der Waals surface area contributed by atoms with E-state index in [4.69, 9.17) is 12.2 Å². The first-order valence-electron chi connectivity index (χ1n) is 11.4. The van der Waals surface area contributed by atoms with Gasteiger partial charge in [0.1, 0.15) is 0 Å². The van der Waals surface area contributed by atoms with Crippen LogP contribution in [-0.2, 0) is 16.2 Å². The van der Waals surface area contributed by atoms with Crippen LogP contribution in [0.3, 0.4) is 0 Å². The highest BCUT2D eigenvalue weighted by Crippen LogP contribution is 2.56. The maximum absolute atomic E-state index is 13.1. The molecule has 34 heavy (non-hydrogen) atoms. The molecule has 4 aliphatic carbocycles. The average molecular weight is 510 g/mol. The van der Waals surface area contributed by atoms with Crippen molar-refractivity contribution < 1.29 is 21.6 Å². The second-order valence-electron chi connectivity index (χ2n) is 9.99. The molecule has 0 heterocycles. The smallest absolute Gasteiger partial charge is 0.332 e. The topological polar surface area (TPSA) is 70.2 Å². The molecule has 4 saturated carbocycles. The molecule has 3 N–H and O–H groups in total. The van der Waals surface area contributed by atoms with Crippen LogP contribution in [0.2, 0.25) is 0 Å². The molecule has 0 radical (unpaired) electrons. The Bertz CT molecular complexity index is 1160. The third-order valence-corrected chi connectivity index (χ3v) is 9.06. The average Bonchev–Trinajstić information content (AvgIpc) is 2.72. The molecule has 0 spiro atoms. The molecular weight excluding hydrogens is 483 g/mol. The van der Waals surface area contributed by atoms with Crippen molar-refractivity contribution in [2.75, 3.05) is 10.6 Å². The van der Waals surface area contributed by atoms with E-state index >= 15 is 0 Å². The summed E-state index contributed by atoms with van der Waals surface area (Å²) in [7, 11) is -3.67. The van der Waals surface area contributed by atoms with Gasteiger partial charge in [0.2, 0.25) is 10.0 Å². The van der Waals surface area contributed by atoms with Crippen LogP contribution in [0.5, 0.6) is 0 Å². The van der Waals surface area contributed by atoms with Crippen LogP contribution in [0, 0.1) is 17.8 Å². The highest BCUT2D eigenvalue weighted by molar-refractivity contribution is 7.89. The van der Waals surface area contributed by atoms with Crippen LogP contribution in [0.4, 0.5) is 24.5 Å². The minimum Gasteiger partial charge on any atom is -0.332 e. The second-order valence-corrected chi connectivity index (χ2v) is 12.1. The first-order chi connectivity index (χ1) is 16.0. The predicted molar refractivity (Wildman–Crippen MR) is 129 cm³/mol. The summed E-state index contributed by atoms with van der Waals surface area (Å²) >= 11 is 5.20. The molecule has 0 atom stereocenters. The fourth-order valence-electron chi connectivity index (χ4n) is 6.36. The van der Waals surface area contributed by atoms with Gasteiger partial charge in [-0.15, -0.1) is 0 Å². The van der Waals surface area contributed by atoms with Crippen molar-refractivity contribution in [1.29, 1.82) is 0 Å². The van der Waals surface area contributed by atoms with Gasteiger partial charge in [-0.1, -0.05) is 6.07 Å². The monoisotopic (exact) mass is 509 g/mol. The SMILES string of the molecule is O=S(=O)(NC12CC3CC(CC(C3)C1)C2)c1ccc(NC(=S)Nc2cccc(C(F)(F)F)c2)cc1. The van der Waals surface area contributed by atoms with Gasteiger partial charge >= 0.3 is 6.18 Å². The Morgan fingerprint density at radius 1 is 0.882 bits per heavy atom. The number of benzene rings is 2. The van der Waals surface area contributed by atoms with Crippen molar-refractivity contribution in [1.82, 2.24) is 4.72 Å². The minimum atomic E-state index is -4.45. The Kier molecular flexibility index (Phi) is 5.89. The van der Waals surface area contributed by atoms with Crippen molar-refractivity contribution in [2.24, 2.45) is 17.8 Å². The summed E-state index contributed by atoms with van der Waals surface area (Å²) in [5, 5.41) is 5.70. The zero-order valence-electron chi connectivity index (χ0n) is 18.4. The fourth-order valence-corrected chi connectivity index (χ4v) is 8.03. The minimum absolute atomic E-state index is 0.0987. The van der Waals surface area contributed by atoms with Crippen LogP contribution in [0.25, 0.3) is 0 Å². The summed E-state index contributed by atoms with van der Waals surface area (Å²) in [6.07, 6.45) is 2.02. The molecule has 0 saturated heterocycles. The largest absolute Gasteiger partial charge is 0.416 e. The lowest BCUT2D eigenvalue weighted by molar-refractivity contribution is -0.137. The van der Waals surface area contributed by atoms with E-state index in [1.54, 1.807) is 12.1 Å². The molecule has 0 aliphatic heterocycles. The number of alkyl halides is 3. The normalized spacial score (nSPS) is 28.0. The molecule has 10 heteroatoms. The number of sulfonamides is 1. The Hall–Kier alpha value is -2.17. The molecule has 0 aromatic heterocycles. The van der Waals surface area contributed by atoms with Gasteiger partial charge in [-0.25, -0.2) is 13.1 Å². The molecule has 4 bridgehead atoms. The number of hydrogen-bond acceptors (Lipinski definition) is 3. The standard InChI is InChI=1S/C24H26F3N3O2S2/c25-24(26,27)18-2-1-3-20(11-18)29-22(33)28-19-4-6-21(7-5-19)34(31,32)30-23-12-15-8-16(13-23)10-17(9-15)14-23/h1-7,11,15-17,30H,8-10,12-14H2,(H2,28,29,33). The number of thiocarbonyl (C=S) groups is 1. The van der Waals surface area contributed by atoms with Crippen molar-refractivity contribution in [3.8, 4) is 0 Å². The summed E-state index contributed by atoms with van der Waals surface area (Å²) in [4.78, 5) is 0.186. The van der Waals surface area contributed by atoms with Crippen LogP contribution in [0.15, 0.2) is 53.4 Å². The molecule has 0 unspecified atom stereocenters. The Labute approximate surface area is 202 Å². The highest BCUT2D eigenvalue weighted by atomic mass is 32.2. The number of rotatable bonds is 5. The summed E-state index contributed by atoms with van der Waals surface area (Å²) < 4.78 is 68.0. The molecule has 0 amide bonds. The molecule has 6 rings (SSSR count). The Morgan fingerprint density at radius 3 is 2.00 bits per heavy atom. The molecular formula is C24H26F3N3O2S2. The van der Waals surface area contributed by atoms with E-state index in [9.17, 15) is 21.6 Å². The van der Waals surface area contributed by atoms with Gasteiger partial charge in [0.05, 0.1) is 10.5 Å². The van der Waals surface area contributed by atoms with E-state index in [-0.39, 0.29) is 21.2 Å². The van der Waals surface area contributed by atoms with E-state index < -0.39 is 21.8 Å². The number of halogens is 3. The summed E-state index contributed by atoms with van der Waals surface area (Å²) in [5.74, 6) is 1.89. The van der Waals surface area contributed by atoms with Gasteiger partial charge in [-0.05, 0) is 111 Å². The molecule has 182 valence electrons. The first-order valence-corrected chi connectivity index (χ1v) is 13.3. The van der Waals surface area contributed by atoms with Crippen LogP contribution in [0.1, 0.15) is 44.1 Å². The third-order valence-electron chi connectivity index (χ3n) is 7.26. The summed E-state index contributed by atoms with van der Waals surface area (Å²) in [6.45, 7) is 0. The molecule has 2 aromatic carbocycles. The second kappa shape index (κ2) is 8.49. The number of nitrogens with one attached hydrogen (secondary N) is 3. The summed E-state index contributed by atoms with van der Waals surface area (Å²) in [5.41, 5.74) is -0.369. The van der Waals surface area contributed by atoms with Crippen LogP contribution in [-0.4, -0.2) is 19.1 Å². The highest BCUT2D eigenvalue weighted by Gasteiger charge is 2.52. The van der Waals surface area contributed by atoms with Crippen molar-refractivity contribution in [2.45, 2.75) is 55.1 Å². The van der Waals surface area contributed by atoms with Gasteiger partial charge in [-0.3, -0.25) is 0 Å². The quantitative estimate of drug-likeness (QED) is 0.447. The number of anilines is 2. The van der Waals surface area contributed by atoms with Gasteiger partial charge in [-0.2, -0.15) is 13.2 Å². The lowest BCUT2D eigenvalue weighted by Gasteiger charge is -2.56. The lowest BCUT2D eigenvalue weighted by atomic mass is 9.53. The van der Waals surface area contributed by atoms with Crippen LogP contribution >= 0.6 is 12.2 Å². The predicted octanol–water partition coefficient (Wildman–Crippen LogP) is 5.76. The van der Waals surface area contributed by atoms with Gasteiger partial charge in [0.15, 0.2) is 5.11 Å². The maximum atomic E-state index is 13.1. The lowest BCUT2D eigenvalue weighted by Crippen LogP contribution is -2.59. The van der Waals surface area contributed by atoms with Crippen molar-refractivity contribution in [3.63, 3.8) is 0 Å². The third kappa shape index (κ3) is 4.94. The summed E-state index contributed by atoms with van der Waals surface area (Å²) in [6, 6.07) is 10.9. The van der Waals surface area contributed by atoms with Crippen molar-refractivity contribution >= 4 is 38.7 Å². The molecule has 4 aliphatic rings. The van der Waals surface area contributed by atoms with E-state index in [2.05, 4.69) is 15.4 Å². The zero-order valence-corrected chi connectivity index (χ0v) is 20.0. The Morgan fingerprint density at radius 2 is 1.44 bits per heavy atom. The number of hydrogen-bond donors (Lipinski definition) is 3. The van der Waals surface area contributed by atoms with E-state index in [1.165, 1.54) is 43.5 Å². The molecule has 4 fully saturated rings. The van der Waals surface area contributed by atoms with Crippen LogP contribution < -0.4 is 15.4 Å². The van der Waals surface area contributed by atoms with E-state index in [0.29, 0.717) is 23.4 Å². The van der Waals surface area contributed by atoms with E-state index in [1.807, 2.05) is 0 Å². The maximum Gasteiger partial charge on any atom is 0.416 e. The fraction of sp³-hybridized carbons (Fsp3) is 0.458. The molecule has 5 nitrogen and oxygen atoms in total. The van der Waals surface area contributed by atoms with Gasteiger partial charge in [0, 0.05) is 16.9 Å². The van der Waals surface area contributed by atoms with Crippen molar-refractivity contribution in [3.05, 3.63) is 54.1 Å². The van der Waals surface area contributed by atoms with Gasteiger partial charge in [0.25, 0.3) is 0 Å². The molecule has 2 aromatic rings. The Balaban J connectivity index is 1.23. The zero-order chi connectivity index (χ0) is 24.1. The first kappa shape index (κ1) is 23.6.